The van der Waals surface area contributed by atoms with E-state index in [4.69, 9.17) is 0 Å². The molecule has 1 aliphatic rings. The number of hydrogen-bond donors (Lipinski definition) is 2. The van der Waals surface area contributed by atoms with Gasteiger partial charge in [0.2, 0.25) is 15.9 Å². The van der Waals surface area contributed by atoms with Crippen molar-refractivity contribution in [3.63, 3.8) is 0 Å². The number of sulfonamides is 1. The van der Waals surface area contributed by atoms with Gasteiger partial charge < -0.3 is 5.32 Å². The van der Waals surface area contributed by atoms with Crippen LogP contribution in [0.1, 0.15) is 26.8 Å². The molecule has 1 fully saturated rings. The molecule has 0 spiro atoms. The molecule has 1 aliphatic carbocycles. The first-order chi connectivity index (χ1) is 14.4. The molecular formula is C24H28N2O3S. The third kappa shape index (κ3) is 4.61. The maximum absolute atomic E-state index is 13.0. The van der Waals surface area contributed by atoms with Gasteiger partial charge >= 0.3 is 0 Å². The van der Waals surface area contributed by atoms with Gasteiger partial charge in [0.05, 0.1) is 11.7 Å². The molecule has 6 heteroatoms. The zero-order valence-electron chi connectivity index (χ0n) is 16.8. The Balaban J connectivity index is 0.00000181. The number of hydrogen-bond acceptors (Lipinski definition) is 3. The molecule has 0 heterocycles. The van der Waals surface area contributed by atoms with E-state index < -0.39 is 15.4 Å². The minimum Gasteiger partial charge on any atom is -0.325 e. The van der Waals surface area contributed by atoms with Crippen LogP contribution in [0.5, 0.6) is 0 Å². The monoisotopic (exact) mass is 424 g/mol. The fourth-order valence-corrected chi connectivity index (χ4v) is 4.01. The van der Waals surface area contributed by atoms with Crippen molar-refractivity contribution in [2.45, 2.75) is 24.8 Å². The number of nitrogens with one attached hydrogen (secondary N) is 2. The molecule has 0 atom stereocenters. The highest BCUT2D eigenvalue weighted by Gasteiger charge is 2.51. The normalized spacial score (nSPS) is 14.8. The van der Waals surface area contributed by atoms with Gasteiger partial charge in [0.25, 0.3) is 0 Å². The summed E-state index contributed by atoms with van der Waals surface area (Å²) in [5.74, 6) is 0.0352. The van der Waals surface area contributed by atoms with E-state index in [1.165, 1.54) is 0 Å². The lowest BCUT2D eigenvalue weighted by Gasteiger charge is -2.16. The number of amides is 1. The number of carbonyl (C=O) groups is 1. The van der Waals surface area contributed by atoms with E-state index in [1.54, 1.807) is 0 Å². The summed E-state index contributed by atoms with van der Waals surface area (Å²) in [6.07, 6.45) is 2.88. The molecule has 1 saturated carbocycles. The number of anilines is 1. The average Bonchev–Trinajstić information content (AvgIpc) is 3.55. The molecule has 30 heavy (non-hydrogen) atoms. The first-order valence-electron chi connectivity index (χ1n) is 9.87. The molecule has 3 aromatic carbocycles. The Morgan fingerprint density at radius 3 is 2.27 bits per heavy atom. The van der Waals surface area contributed by atoms with Gasteiger partial charge in [-0.25, -0.2) is 13.1 Å². The van der Waals surface area contributed by atoms with Crippen molar-refractivity contribution >= 4 is 21.6 Å². The lowest BCUT2D eigenvalue weighted by atomic mass is 9.95. The van der Waals surface area contributed by atoms with Crippen LogP contribution >= 0.6 is 0 Å². The fourth-order valence-electron chi connectivity index (χ4n) is 3.59. The minimum absolute atomic E-state index is 0. The van der Waals surface area contributed by atoms with Crippen LogP contribution in [0.2, 0.25) is 0 Å². The second-order valence-electron chi connectivity index (χ2n) is 7.77. The van der Waals surface area contributed by atoms with Crippen LogP contribution in [0.3, 0.4) is 0 Å². The Morgan fingerprint density at radius 1 is 0.933 bits per heavy atom. The first-order valence-corrected chi connectivity index (χ1v) is 11.8. The van der Waals surface area contributed by atoms with E-state index in [0.29, 0.717) is 0 Å². The SMILES string of the molecule is CS(=O)(=O)NCc1ccc(-c2cccc(NC(=O)C3(c4ccccc4)CC3)c2)cc1.[HH].[HH]. The van der Waals surface area contributed by atoms with Crippen LogP contribution in [0, 0.1) is 0 Å². The largest absolute Gasteiger partial charge is 0.325 e. The predicted octanol–water partition coefficient (Wildman–Crippen LogP) is 4.57. The number of benzene rings is 3. The third-order valence-corrected chi connectivity index (χ3v) is 6.13. The summed E-state index contributed by atoms with van der Waals surface area (Å²) >= 11 is 0. The van der Waals surface area contributed by atoms with Crippen LogP contribution in [0.25, 0.3) is 11.1 Å². The first kappa shape index (κ1) is 20.3. The molecule has 3 aromatic rings. The summed E-state index contributed by atoms with van der Waals surface area (Å²) in [6, 6.07) is 25.4. The Labute approximate surface area is 180 Å². The maximum atomic E-state index is 13.0. The molecule has 0 unspecified atom stereocenters. The van der Waals surface area contributed by atoms with Gasteiger partial charge in [-0.2, -0.15) is 0 Å². The highest BCUT2D eigenvalue weighted by atomic mass is 32.2. The molecular weight excluding hydrogens is 396 g/mol. The summed E-state index contributed by atoms with van der Waals surface area (Å²) in [4.78, 5) is 13.0. The zero-order chi connectivity index (χ0) is 21.2. The van der Waals surface area contributed by atoms with Gasteiger partial charge in [0.1, 0.15) is 0 Å². The highest BCUT2D eigenvalue weighted by Crippen LogP contribution is 2.49. The van der Waals surface area contributed by atoms with Gasteiger partial charge in [-0.3, -0.25) is 4.79 Å². The van der Waals surface area contributed by atoms with Crippen LogP contribution < -0.4 is 10.0 Å². The highest BCUT2D eigenvalue weighted by molar-refractivity contribution is 7.88. The zero-order valence-corrected chi connectivity index (χ0v) is 17.6. The Morgan fingerprint density at radius 2 is 1.63 bits per heavy atom. The molecule has 0 aromatic heterocycles. The topological polar surface area (TPSA) is 75.3 Å². The van der Waals surface area contributed by atoms with E-state index in [0.717, 1.165) is 47.0 Å². The van der Waals surface area contributed by atoms with Crippen LogP contribution in [0.15, 0.2) is 78.9 Å². The molecule has 0 bridgehead atoms. The molecule has 158 valence electrons. The van der Waals surface area contributed by atoms with Crippen molar-refractivity contribution in [3.05, 3.63) is 90.0 Å². The van der Waals surface area contributed by atoms with Gasteiger partial charge in [-0.1, -0.05) is 66.7 Å². The van der Waals surface area contributed by atoms with Gasteiger partial charge in [0, 0.05) is 15.1 Å². The smallest absolute Gasteiger partial charge is 0.235 e. The molecule has 1 amide bonds. The average molecular weight is 425 g/mol. The second kappa shape index (κ2) is 8.05. The van der Waals surface area contributed by atoms with E-state index in [2.05, 4.69) is 10.0 Å². The number of rotatable bonds is 7. The lowest BCUT2D eigenvalue weighted by Crippen LogP contribution is -2.27. The molecule has 0 saturated heterocycles. The van der Waals surface area contributed by atoms with Crippen LogP contribution in [-0.2, 0) is 26.8 Å². The lowest BCUT2D eigenvalue weighted by molar-refractivity contribution is -0.118. The Bertz CT molecular complexity index is 1160. The molecule has 0 aliphatic heterocycles. The molecule has 0 radical (unpaired) electrons. The van der Waals surface area contributed by atoms with E-state index in [9.17, 15) is 13.2 Å². The van der Waals surface area contributed by atoms with E-state index in [1.807, 2.05) is 78.9 Å². The van der Waals surface area contributed by atoms with Crippen molar-refractivity contribution < 1.29 is 16.1 Å². The quantitative estimate of drug-likeness (QED) is 0.584. The van der Waals surface area contributed by atoms with Crippen molar-refractivity contribution in [3.8, 4) is 11.1 Å². The number of carbonyl (C=O) groups excluding carboxylic acids is 1. The van der Waals surface area contributed by atoms with Crippen LogP contribution in [-0.4, -0.2) is 20.6 Å². The summed E-state index contributed by atoms with van der Waals surface area (Å²) in [7, 11) is -3.22. The Kier molecular flexibility index (Phi) is 5.45. The van der Waals surface area contributed by atoms with Gasteiger partial charge in [-0.05, 0) is 47.2 Å². The maximum Gasteiger partial charge on any atom is 0.235 e. The molecule has 5 nitrogen and oxygen atoms in total. The van der Waals surface area contributed by atoms with E-state index >= 15 is 0 Å². The summed E-state index contributed by atoms with van der Waals surface area (Å²) in [5.41, 5.74) is 4.29. The standard InChI is InChI=1S/C24H24N2O3S.2H2/c1-30(28,29)25-17-18-10-12-19(13-11-18)20-6-5-9-22(16-20)26-23(27)24(14-15-24)21-7-3-2-4-8-21;;/h2-13,16,25H,14-15,17H2,1H3,(H,26,27);2*1H. The summed E-state index contributed by atoms with van der Waals surface area (Å²) < 4.78 is 25.0. The van der Waals surface area contributed by atoms with Crippen molar-refractivity contribution in [1.29, 1.82) is 0 Å². The molecule has 2 N–H and O–H groups in total. The van der Waals surface area contributed by atoms with Crippen molar-refractivity contribution in [2.75, 3.05) is 11.6 Å². The van der Waals surface area contributed by atoms with E-state index in [-0.39, 0.29) is 15.3 Å². The summed E-state index contributed by atoms with van der Waals surface area (Å²) in [6.45, 7) is 0.261. The third-order valence-electron chi connectivity index (χ3n) is 5.46. The van der Waals surface area contributed by atoms with Crippen molar-refractivity contribution in [2.24, 2.45) is 0 Å². The van der Waals surface area contributed by atoms with Crippen molar-refractivity contribution in [1.82, 2.24) is 4.72 Å². The Hall–Kier alpha value is -2.96. The van der Waals surface area contributed by atoms with Gasteiger partial charge in [-0.15, -0.1) is 0 Å². The second-order valence-corrected chi connectivity index (χ2v) is 9.61. The van der Waals surface area contributed by atoms with Gasteiger partial charge in [0.15, 0.2) is 0 Å². The summed E-state index contributed by atoms with van der Waals surface area (Å²) in [5, 5.41) is 3.09. The van der Waals surface area contributed by atoms with Crippen LogP contribution in [0.4, 0.5) is 5.69 Å². The predicted molar refractivity (Wildman–Crippen MR) is 124 cm³/mol. The molecule has 4 rings (SSSR count). The minimum atomic E-state index is -3.22. The fraction of sp³-hybridized carbons (Fsp3) is 0.208.